The Balaban J connectivity index is 1.40. The Hall–Kier alpha value is -3.19. The average Bonchev–Trinajstić information content (AvgIpc) is 3.14. The van der Waals surface area contributed by atoms with Gasteiger partial charge in [0, 0.05) is 24.9 Å². The van der Waals surface area contributed by atoms with Gasteiger partial charge in [-0.25, -0.2) is 0 Å². The number of carbonyl (C=O) groups is 2. The molecule has 2 N–H and O–H groups in total. The van der Waals surface area contributed by atoms with E-state index in [2.05, 4.69) is 10.6 Å². The maximum absolute atomic E-state index is 12.2. The number of halogens is 1. The highest BCUT2D eigenvalue weighted by Gasteiger charge is 2.19. The summed E-state index contributed by atoms with van der Waals surface area (Å²) < 4.78 is 10.6. The van der Waals surface area contributed by atoms with E-state index in [9.17, 15) is 9.59 Å². The first-order valence-electron chi connectivity index (χ1n) is 8.78. The van der Waals surface area contributed by atoms with Crippen LogP contribution < -0.4 is 25.0 Å². The fourth-order valence-electron chi connectivity index (χ4n) is 3.06. The Morgan fingerprint density at radius 3 is 2.86 bits per heavy atom. The molecule has 0 atom stereocenters. The molecule has 0 spiro atoms. The molecule has 2 amide bonds. The lowest BCUT2D eigenvalue weighted by atomic mass is 10.2. The van der Waals surface area contributed by atoms with Crippen molar-refractivity contribution in [3.63, 3.8) is 0 Å². The topological polar surface area (TPSA) is 79.9 Å². The number of hydrogen-bond acceptors (Lipinski definition) is 5. The number of nitrogens with one attached hydrogen (secondary N) is 2. The molecule has 144 valence electrons. The Bertz CT molecular complexity index is 960. The zero-order valence-electron chi connectivity index (χ0n) is 14.9. The van der Waals surface area contributed by atoms with E-state index < -0.39 is 0 Å². The molecule has 2 aromatic rings. The normalized spacial score (nSPS) is 15.6. The van der Waals surface area contributed by atoms with E-state index in [4.69, 9.17) is 21.1 Å². The molecule has 0 aromatic heterocycles. The van der Waals surface area contributed by atoms with Gasteiger partial charge in [0.05, 0.1) is 17.3 Å². The molecular weight excluding hydrogens is 382 g/mol. The number of carbonyl (C=O) groups excluding carboxylic acids is 2. The number of benzene rings is 2. The van der Waals surface area contributed by atoms with Gasteiger partial charge in [-0.3, -0.25) is 9.59 Å². The molecule has 8 heteroatoms. The van der Waals surface area contributed by atoms with Crippen molar-refractivity contribution in [2.75, 3.05) is 36.6 Å². The van der Waals surface area contributed by atoms with Crippen molar-refractivity contribution in [1.29, 1.82) is 0 Å². The summed E-state index contributed by atoms with van der Waals surface area (Å²) in [5, 5.41) is 6.04. The van der Waals surface area contributed by atoms with E-state index in [-0.39, 0.29) is 25.2 Å². The molecule has 0 bridgehead atoms. The monoisotopic (exact) mass is 399 g/mol. The summed E-state index contributed by atoms with van der Waals surface area (Å²) >= 11 is 6.35. The molecule has 4 rings (SSSR count). The molecular formula is C20H18ClN3O4. The number of nitrogens with zero attached hydrogens (tertiary/aromatic N) is 1. The maximum atomic E-state index is 12.2. The van der Waals surface area contributed by atoms with Crippen LogP contribution in [0.3, 0.4) is 0 Å². The third-order valence-electron chi connectivity index (χ3n) is 4.42. The second-order valence-corrected chi connectivity index (χ2v) is 6.78. The van der Waals surface area contributed by atoms with Crippen LogP contribution in [0.1, 0.15) is 5.56 Å². The Kier molecular flexibility index (Phi) is 5.08. The minimum atomic E-state index is -0.279. The van der Waals surface area contributed by atoms with E-state index in [0.717, 1.165) is 11.3 Å². The first kappa shape index (κ1) is 18.2. The lowest BCUT2D eigenvalue weighted by Crippen LogP contribution is -2.47. The van der Waals surface area contributed by atoms with Gasteiger partial charge < -0.3 is 25.0 Å². The summed E-state index contributed by atoms with van der Waals surface area (Å²) in [5.74, 6) is 1.05. The Morgan fingerprint density at radius 1 is 1.18 bits per heavy atom. The Labute approximate surface area is 166 Å². The minimum Gasteiger partial charge on any atom is -0.454 e. The number of hydrogen-bond donors (Lipinski definition) is 2. The number of amides is 2. The first-order chi connectivity index (χ1) is 13.6. The zero-order chi connectivity index (χ0) is 19.5. The van der Waals surface area contributed by atoms with Crippen molar-refractivity contribution in [3.8, 4) is 11.5 Å². The lowest BCUT2D eigenvalue weighted by molar-refractivity contribution is -0.120. The van der Waals surface area contributed by atoms with Crippen LogP contribution in [0.4, 0.5) is 11.4 Å². The van der Waals surface area contributed by atoms with Gasteiger partial charge in [-0.1, -0.05) is 17.7 Å². The van der Waals surface area contributed by atoms with Crippen LogP contribution in [0, 0.1) is 0 Å². The molecule has 0 saturated carbocycles. The second kappa shape index (κ2) is 7.82. The Morgan fingerprint density at radius 2 is 2.04 bits per heavy atom. The highest BCUT2D eigenvalue weighted by Crippen LogP contribution is 2.33. The number of fused-ring (bicyclic) bond motifs is 1. The fraction of sp³-hybridized carbons (Fsp3) is 0.200. The van der Waals surface area contributed by atoms with Gasteiger partial charge in [0.15, 0.2) is 11.5 Å². The van der Waals surface area contributed by atoms with Crippen molar-refractivity contribution in [2.45, 2.75) is 0 Å². The lowest BCUT2D eigenvalue weighted by Gasteiger charge is -2.29. The van der Waals surface area contributed by atoms with Crippen molar-refractivity contribution in [2.24, 2.45) is 0 Å². The van der Waals surface area contributed by atoms with Gasteiger partial charge in [-0.05, 0) is 42.0 Å². The van der Waals surface area contributed by atoms with Crippen LogP contribution in [-0.4, -0.2) is 38.2 Å². The molecule has 2 aliphatic rings. The molecule has 0 aliphatic carbocycles. The van der Waals surface area contributed by atoms with Gasteiger partial charge in [0.2, 0.25) is 18.6 Å². The SMILES string of the molecule is O=C(C=Cc1ccc2c(c1)OCO2)Nc1ccc(N2CCNC(=O)C2)c(Cl)c1. The number of rotatable bonds is 4. The minimum absolute atomic E-state index is 0.0339. The largest absolute Gasteiger partial charge is 0.454 e. The van der Waals surface area contributed by atoms with Gasteiger partial charge in [0.1, 0.15) is 0 Å². The average molecular weight is 400 g/mol. The number of piperazine rings is 1. The third-order valence-corrected chi connectivity index (χ3v) is 4.72. The van der Waals surface area contributed by atoms with Gasteiger partial charge in [-0.2, -0.15) is 0 Å². The summed E-state index contributed by atoms with van der Waals surface area (Å²) in [7, 11) is 0. The highest BCUT2D eigenvalue weighted by molar-refractivity contribution is 6.33. The van der Waals surface area contributed by atoms with Crippen LogP contribution in [0.2, 0.25) is 5.02 Å². The van der Waals surface area contributed by atoms with Crippen molar-refractivity contribution in [1.82, 2.24) is 5.32 Å². The number of anilines is 2. The van der Waals surface area contributed by atoms with Gasteiger partial charge >= 0.3 is 0 Å². The second-order valence-electron chi connectivity index (χ2n) is 6.37. The number of ether oxygens (including phenoxy) is 2. The zero-order valence-corrected chi connectivity index (χ0v) is 15.7. The van der Waals surface area contributed by atoms with Crippen molar-refractivity contribution in [3.05, 3.63) is 53.1 Å². The molecule has 1 fully saturated rings. The maximum Gasteiger partial charge on any atom is 0.248 e. The molecule has 7 nitrogen and oxygen atoms in total. The summed E-state index contributed by atoms with van der Waals surface area (Å²) in [6.07, 6.45) is 3.13. The van der Waals surface area contributed by atoms with Gasteiger partial charge in [-0.15, -0.1) is 0 Å². The van der Waals surface area contributed by atoms with E-state index in [1.54, 1.807) is 30.3 Å². The smallest absolute Gasteiger partial charge is 0.248 e. The standard InChI is InChI=1S/C20H18ClN3O4/c21-15-10-14(3-4-16(15)24-8-7-22-20(26)11-24)23-19(25)6-2-13-1-5-17-18(9-13)28-12-27-17/h1-6,9-10H,7-8,11-12H2,(H,22,26)(H,23,25). The molecule has 2 aromatic carbocycles. The van der Waals surface area contributed by atoms with Crippen molar-refractivity contribution < 1.29 is 19.1 Å². The predicted molar refractivity (Wildman–Crippen MR) is 107 cm³/mol. The quantitative estimate of drug-likeness (QED) is 0.773. The molecule has 28 heavy (non-hydrogen) atoms. The van der Waals surface area contributed by atoms with Crippen LogP contribution >= 0.6 is 11.6 Å². The molecule has 2 aliphatic heterocycles. The predicted octanol–water partition coefficient (Wildman–Crippen LogP) is 2.66. The molecule has 2 heterocycles. The summed E-state index contributed by atoms with van der Waals surface area (Å²) in [6.45, 7) is 1.75. The highest BCUT2D eigenvalue weighted by atomic mass is 35.5. The van der Waals surface area contributed by atoms with Crippen LogP contribution in [0.5, 0.6) is 11.5 Å². The molecule has 1 saturated heterocycles. The fourth-order valence-corrected chi connectivity index (χ4v) is 3.36. The summed E-state index contributed by atoms with van der Waals surface area (Å²) in [6, 6.07) is 10.7. The molecule has 0 unspecified atom stereocenters. The molecule has 0 radical (unpaired) electrons. The van der Waals surface area contributed by atoms with E-state index in [1.807, 2.05) is 17.0 Å². The van der Waals surface area contributed by atoms with E-state index in [1.165, 1.54) is 6.08 Å². The third kappa shape index (κ3) is 4.04. The van der Waals surface area contributed by atoms with Crippen LogP contribution in [0.25, 0.3) is 6.08 Å². The van der Waals surface area contributed by atoms with Crippen molar-refractivity contribution >= 4 is 40.9 Å². The van der Waals surface area contributed by atoms with E-state index >= 15 is 0 Å². The van der Waals surface area contributed by atoms with Gasteiger partial charge in [0.25, 0.3) is 0 Å². The van der Waals surface area contributed by atoms with Crippen LogP contribution in [0.15, 0.2) is 42.5 Å². The first-order valence-corrected chi connectivity index (χ1v) is 9.16. The van der Waals surface area contributed by atoms with Crippen LogP contribution in [-0.2, 0) is 9.59 Å². The summed E-state index contributed by atoms with van der Waals surface area (Å²) in [4.78, 5) is 25.7. The summed E-state index contributed by atoms with van der Waals surface area (Å²) in [5.41, 5.74) is 2.18. The van der Waals surface area contributed by atoms with E-state index in [0.29, 0.717) is 35.3 Å².